The van der Waals surface area contributed by atoms with E-state index in [4.69, 9.17) is 9.84 Å². The zero-order valence-corrected chi connectivity index (χ0v) is 9.99. The number of hydrogen-bond acceptors (Lipinski definition) is 2. The average molecular weight is 222 g/mol. The van der Waals surface area contributed by atoms with Gasteiger partial charge >= 0.3 is 5.97 Å². The van der Waals surface area contributed by atoms with Crippen LogP contribution in [0.3, 0.4) is 0 Å². The molecule has 0 radical (unpaired) electrons. The zero-order chi connectivity index (χ0) is 12.1. The van der Waals surface area contributed by atoms with Crippen LogP contribution in [0.4, 0.5) is 0 Å². The lowest BCUT2D eigenvalue weighted by Crippen LogP contribution is -2.26. The van der Waals surface area contributed by atoms with Crippen molar-refractivity contribution in [3.05, 3.63) is 34.9 Å². The van der Waals surface area contributed by atoms with Gasteiger partial charge in [-0.2, -0.15) is 0 Å². The van der Waals surface area contributed by atoms with E-state index in [0.717, 1.165) is 5.56 Å². The fourth-order valence-electron chi connectivity index (χ4n) is 1.56. The van der Waals surface area contributed by atoms with Crippen LogP contribution in [-0.2, 0) is 16.0 Å². The second-order valence-corrected chi connectivity index (χ2v) is 3.90. The normalized spacial score (nSPS) is 12.4. The van der Waals surface area contributed by atoms with E-state index >= 15 is 0 Å². The van der Waals surface area contributed by atoms with E-state index in [1.165, 1.54) is 11.1 Å². The summed E-state index contributed by atoms with van der Waals surface area (Å²) in [5.41, 5.74) is 3.40. The number of ether oxygens (including phenoxy) is 1. The Morgan fingerprint density at radius 3 is 2.56 bits per heavy atom. The van der Waals surface area contributed by atoms with Crippen LogP contribution in [0.15, 0.2) is 18.2 Å². The fraction of sp³-hybridized carbons (Fsp3) is 0.462. The van der Waals surface area contributed by atoms with E-state index in [0.29, 0.717) is 13.0 Å². The molecule has 0 unspecified atom stereocenters. The lowest BCUT2D eigenvalue weighted by molar-refractivity contribution is -0.149. The van der Waals surface area contributed by atoms with Crippen molar-refractivity contribution < 1.29 is 14.6 Å². The van der Waals surface area contributed by atoms with Crippen molar-refractivity contribution in [3.8, 4) is 0 Å². The number of aliphatic carboxylic acids is 1. The number of hydrogen-bond donors (Lipinski definition) is 1. The summed E-state index contributed by atoms with van der Waals surface area (Å²) in [6, 6.07) is 5.98. The van der Waals surface area contributed by atoms with Crippen LogP contribution >= 0.6 is 0 Å². The predicted molar refractivity (Wildman–Crippen MR) is 62.7 cm³/mol. The van der Waals surface area contributed by atoms with Crippen molar-refractivity contribution in [1.29, 1.82) is 0 Å². The zero-order valence-electron chi connectivity index (χ0n) is 9.99. The summed E-state index contributed by atoms with van der Waals surface area (Å²) in [4.78, 5) is 10.9. The quantitative estimate of drug-likeness (QED) is 0.831. The third kappa shape index (κ3) is 3.35. The molecule has 0 bridgehead atoms. The van der Waals surface area contributed by atoms with Crippen LogP contribution in [0.25, 0.3) is 0 Å². The van der Waals surface area contributed by atoms with Gasteiger partial charge in [-0.1, -0.05) is 18.2 Å². The van der Waals surface area contributed by atoms with Gasteiger partial charge in [-0.3, -0.25) is 0 Å². The molecule has 0 saturated heterocycles. The molecule has 1 atom stereocenters. The van der Waals surface area contributed by atoms with Gasteiger partial charge in [-0.05, 0) is 37.5 Å². The van der Waals surface area contributed by atoms with Gasteiger partial charge in [0.05, 0.1) is 0 Å². The first-order valence-corrected chi connectivity index (χ1v) is 5.45. The largest absolute Gasteiger partial charge is 0.479 e. The van der Waals surface area contributed by atoms with Gasteiger partial charge < -0.3 is 9.84 Å². The molecule has 88 valence electrons. The Bertz CT molecular complexity index is 371. The molecule has 0 aliphatic heterocycles. The molecule has 1 aromatic carbocycles. The first kappa shape index (κ1) is 12.7. The summed E-state index contributed by atoms with van der Waals surface area (Å²) < 4.78 is 5.18. The Morgan fingerprint density at radius 1 is 1.38 bits per heavy atom. The van der Waals surface area contributed by atoms with Gasteiger partial charge in [-0.25, -0.2) is 4.79 Å². The van der Waals surface area contributed by atoms with Crippen LogP contribution in [0.5, 0.6) is 0 Å². The van der Waals surface area contributed by atoms with E-state index < -0.39 is 12.1 Å². The topological polar surface area (TPSA) is 46.5 Å². The van der Waals surface area contributed by atoms with Crippen LogP contribution in [0.2, 0.25) is 0 Å². The second kappa shape index (κ2) is 5.66. The summed E-state index contributed by atoms with van der Waals surface area (Å²) in [5, 5.41) is 8.96. The second-order valence-electron chi connectivity index (χ2n) is 3.90. The minimum Gasteiger partial charge on any atom is -0.479 e. The maximum atomic E-state index is 10.9. The first-order chi connectivity index (χ1) is 7.54. The van der Waals surface area contributed by atoms with Gasteiger partial charge in [0, 0.05) is 13.0 Å². The Morgan fingerprint density at radius 2 is 2.06 bits per heavy atom. The summed E-state index contributed by atoms with van der Waals surface area (Å²) in [7, 11) is 0. The third-order valence-corrected chi connectivity index (χ3v) is 2.64. The molecule has 0 aliphatic rings. The molecule has 3 nitrogen and oxygen atoms in total. The highest BCUT2D eigenvalue weighted by Gasteiger charge is 2.17. The molecule has 0 aromatic heterocycles. The van der Waals surface area contributed by atoms with Gasteiger partial charge in [0.2, 0.25) is 0 Å². The Kier molecular flexibility index (Phi) is 4.50. The van der Waals surface area contributed by atoms with Crippen molar-refractivity contribution in [2.75, 3.05) is 6.61 Å². The van der Waals surface area contributed by atoms with Gasteiger partial charge in [0.25, 0.3) is 0 Å². The molecular formula is C13H18O3. The maximum absolute atomic E-state index is 10.9. The molecule has 0 amide bonds. The highest BCUT2D eigenvalue weighted by atomic mass is 16.5. The average Bonchev–Trinajstić information content (AvgIpc) is 2.22. The molecule has 1 N–H and O–H groups in total. The summed E-state index contributed by atoms with van der Waals surface area (Å²) in [6.45, 7) is 6.28. The number of aryl methyl sites for hydroxylation is 2. The van der Waals surface area contributed by atoms with Crippen LogP contribution < -0.4 is 0 Å². The maximum Gasteiger partial charge on any atom is 0.333 e. The van der Waals surface area contributed by atoms with Crippen LogP contribution in [0.1, 0.15) is 23.6 Å². The molecule has 0 aliphatic carbocycles. The summed E-state index contributed by atoms with van der Waals surface area (Å²) in [6.07, 6.45) is -0.322. The van der Waals surface area contributed by atoms with Gasteiger partial charge in [-0.15, -0.1) is 0 Å². The number of benzene rings is 1. The number of carboxylic acid groups (broad SMARTS) is 1. The fourth-order valence-corrected chi connectivity index (χ4v) is 1.56. The van der Waals surface area contributed by atoms with Crippen LogP contribution in [0, 0.1) is 13.8 Å². The van der Waals surface area contributed by atoms with Gasteiger partial charge in [0.1, 0.15) is 0 Å². The minimum atomic E-state index is -0.903. The summed E-state index contributed by atoms with van der Waals surface area (Å²) >= 11 is 0. The molecule has 0 saturated carbocycles. The van der Waals surface area contributed by atoms with Crippen molar-refractivity contribution in [2.24, 2.45) is 0 Å². The molecular weight excluding hydrogens is 204 g/mol. The van der Waals surface area contributed by atoms with E-state index in [9.17, 15) is 4.79 Å². The lowest BCUT2D eigenvalue weighted by Gasteiger charge is -2.13. The predicted octanol–water partition coefficient (Wildman–Crippen LogP) is 2.34. The standard InChI is InChI=1S/C13H18O3/c1-4-16-12(13(14)15)8-11-6-5-9(2)10(3)7-11/h5-7,12H,4,8H2,1-3H3,(H,14,15)/t12-/m1/s1. The van der Waals surface area contributed by atoms with Crippen molar-refractivity contribution in [2.45, 2.75) is 33.3 Å². The number of rotatable bonds is 5. The highest BCUT2D eigenvalue weighted by Crippen LogP contribution is 2.12. The van der Waals surface area contributed by atoms with E-state index in [1.807, 2.05) is 32.0 Å². The molecule has 0 heterocycles. The van der Waals surface area contributed by atoms with E-state index in [-0.39, 0.29) is 0 Å². The Balaban J connectivity index is 2.77. The van der Waals surface area contributed by atoms with Crippen molar-refractivity contribution in [3.63, 3.8) is 0 Å². The third-order valence-electron chi connectivity index (χ3n) is 2.64. The highest BCUT2D eigenvalue weighted by molar-refractivity contribution is 5.72. The molecule has 3 heteroatoms. The minimum absolute atomic E-state index is 0.418. The summed E-state index contributed by atoms with van der Waals surface area (Å²) in [5.74, 6) is -0.903. The van der Waals surface area contributed by atoms with Crippen molar-refractivity contribution >= 4 is 5.97 Å². The molecule has 1 rings (SSSR count). The number of carboxylic acids is 1. The molecule has 1 aromatic rings. The monoisotopic (exact) mass is 222 g/mol. The molecule has 0 fully saturated rings. The molecule has 16 heavy (non-hydrogen) atoms. The lowest BCUT2D eigenvalue weighted by atomic mass is 10.0. The Hall–Kier alpha value is -1.35. The van der Waals surface area contributed by atoms with Crippen molar-refractivity contribution in [1.82, 2.24) is 0 Å². The van der Waals surface area contributed by atoms with E-state index in [1.54, 1.807) is 6.92 Å². The SMILES string of the molecule is CCO[C@H](Cc1ccc(C)c(C)c1)C(=O)O. The number of carbonyl (C=O) groups is 1. The first-order valence-electron chi connectivity index (χ1n) is 5.45. The van der Waals surface area contributed by atoms with Gasteiger partial charge in [0.15, 0.2) is 6.10 Å². The Labute approximate surface area is 96.1 Å². The van der Waals surface area contributed by atoms with Crippen LogP contribution in [-0.4, -0.2) is 23.8 Å². The molecule has 0 spiro atoms. The van der Waals surface area contributed by atoms with E-state index in [2.05, 4.69) is 0 Å². The smallest absolute Gasteiger partial charge is 0.333 e.